The van der Waals surface area contributed by atoms with Gasteiger partial charge in [-0.3, -0.25) is 28.8 Å². The second-order valence-electron chi connectivity index (χ2n) is 13.8. The van der Waals surface area contributed by atoms with Crippen molar-refractivity contribution in [2.75, 3.05) is 21.3 Å². The van der Waals surface area contributed by atoms with Gasteiger partial charge in [0.05, 0.1) is 52.6 Å². The number of carbonyl (C=O) groups is 6. The van der Waals surface area contributed by atoms with E-state index in [1.165, 1.54) is 74.5 Å². The number of benzene rings is 5. The van der Waals surface area contributed by atoms with Crippen molar-refractivity contribution < 1.29 is 28.8 Å². The zero-order chi connectivity index (χ0) is 46.8. The first kappa shape index (κ1) is 49.3. The fourth-order valence-electron chi connectivity index (χ4n) is 5.84. The van der Waals surface area contributed by atoms with Crippen molar-refractivity contribution in [3.8, 4) is 0 Å². The van der Waals surface area contributed by atoms with Crippen molar-refractivity contribution in [1.82, 2.24) is 0 Å². The lowest BCUT2D eigenvalue weighted by atomic mass is 10.0. The zero-order valence-electron chi connectivity index (χ0n) is 34.2. The Bertz CT molecular complexity index is 2560. The van der Waals surface area contributed by atoms with Gasteiger partial charge in [-0.2, -0.15) is 20.5 Å². The molecule has 0 aliphatic heterocycles. The topological polar surface area (TPSA) is 200 Å². The SMILES string of the molecule is CCc1cc(NC(=O)C(N=Nc2ccc(Cl)c(C(=O)Nc3ccc(Cl)c(Cl)c3)c2)C(C)=O)c(CC)cc1NC(=O)C(N=Nc1ccc(Cl)c(C(=O)Nc2ccc(Cl)c(Cl)c2)c1)C(C)=O. The Hall–Kier alpha value is -5.74. The predicted octanol–water partition coefficient (Wildman–Crippen LogP) is 12.6. The Morgan fingerprint density at radius 1 is 0.469 bits per heavy atom. The molecule has 0 spiro atoms. The molecule has 5 aromatic carbocycles. The fraction of sp³-hybridized carbons (Fsp3) is 0.182. The number of hydrogen-bond acceptors (Lipinski definition) is 10. The maximum atomic E-state index is 13.6. The highest BCUT2D eigenvalue weighted by atomic mass is 35.5. The van der Waals surface area contributed by atoms with Gasteiger partial charge in [-0.05, 0) is 123 Å². The van der Waals surface area contributed by atoms with Crippen LogP contribution in [-0.2, 0) is 32.0 Å². The van der Waals surface area contributed by atoms with Gasteiger partial charge in [-0.15, -0.1) is 0 Å². The molecule has 0 radical (unpaired) electrons. The Morgan fingerprint density at radius 2 is 0.828 bits per heavy atom. The first-order valence-electron chi connectivity index (χ1n) is 19.1. The number of nitrogens with zero attached hydrogens (tertiary/aromatic N) is 4. The van der Waals surface area contributed by atoms with Crippen molar-refractivity contribution in [1.29, 1.82) is 0 Å². The Morgan fingerprint density at radius 3 is 1.16 bits per heavy atom. The molecule has 14 nitrogen and oxygen atoms in total. The number of ketones is 2. The third kappa shape index (κ3) is 12.7. The highest BCUT2D eigenvalue weighted by Crippen LogP contribution is 2.31. The lowest BCUT2D eigenvalue weighted by molar-refractivity contribution is -0.127. The number of rotatable bonds is 16. The van der Waals surface area contributed by atoms with Gasteiger partial charge < -0.3 is 21.3 Å². The number of anilines is 4. The number of carbonyl (C=O) groups excluding carboxylic acids is 6. The highest BCUT2D eigenvalue weighted by Gasteiger charge is 2.27. The molecule has 2 unspecified atom stereocenters. The molecule has 4 amide bonds. The van der Waals surface area contributed by atoms with Crippen molar-refractivity contribution in [2.24, 2.45) is 20.5 Å². The third-order valence-corrected chi connectivity index (χ3v) is 11.3. The summed E-state index contributed by atoms with van der Waals surface area (Å²) in [5.74, 6) is -3.97. The minimum Gasteiger partial charge on any atom is -0.323 e. The van der Waals surface area contributed by atoms with Crippen LogP contribution in [0.15, 0.2) is 105 Å². The van der Waals surface area contributed by atoms with Crippen LogP contribution < -0.4 is 21.3 Å². The van der Waals surface area contributed by atoms with Gasteiger partial charge >= 0.3 is 0 Å². The molecular weight excluding hydrogens is 949 g/mol. The van der Waals surface area contributed by atoms with E-state index in [4.69, 9.17) is 69.6 Å². The second kappa shape index (κ2) is 22.2. The van der Waals surface area contributed by atoms with Crippen LogP contribution in [0.5, 0.6) is 0 Å². The minimum atomic E-state index is -1.58. The van der Waals surface area contributed by atoms with Crippen LogP contribution in [0.1, 0.15) is 59.5 Å². The summed E-state index contributed by atoms with van der Waals surface area (Å²) >= 11 is 36.7. The number of azo groups is 2. The van der Waals surface area contributed by atoms with Gasteiger partial charge in [-0.1, -0.05) is 83.5 Å². The smallest absolute Gasteiger partial charge is 0.258 e. The molecule has 330 valence electrons. The Kier molecular flexibility index (Phi) is 17.1. The molecule has 20 heteroatoms. The molecule has 0 aromatic heterocycles. The largest absolute Gasteiger partial charge is 0.323 e. The van der Waals surface area contributed by atoms with Crippen LogP contribution in [-0.4, -0.2) is 47.3 Å². The molecule has 5 aromatic rings. The van der Waals surface area contributed by atoms with Gasteiger partial charge in [0.15, 0.2) is 11.6 Å². The summed E-state index contributed by atoms with van der Waals surface area (Å²) in [6, 6.07) is 17.7. The fourth-order valence-corrected chi connectivity index (χ4v) is 6.84. The average Bonchev–Trinajstić information content (AvgIpc) is 3.24. The molecule has 0 fully saturated rings. The van der Waals surface area contributed by atoms with E-state index in [9.17, 15) is 28.8 Å². The van der Waals surface area contributed by atoms with Crippen LogP contribution in [0, 0.1) is 0 Å². The van der Waals surface area contributed by atoms with Gasteiger partial charge in [0.2, 0.25) is 12.1 Å². The predicted molar refractivity (Wildman–Crippen MR) is 252 cm³/mol. The maximum absolute atomic E-state index is 13.6. The average molecular weight is 986 g/mol. The summed E-state index contributed by atoms with van der Waals surface area (Å²) in [4.78, 5) is 78.6. The molecule has 5 rings (SSSR count). The quantitative estimate of drug-likeness (QED) is 0.0560. The summed E-state index contributed by atoms with van der Waals surface area (Å²) < 4.78 is 0. The molecule has 0 bridgehead atoms. The Balaban J connectivity index is 1.30. The van der Waals surface area contributed by atoms with Gasteiger partial charge in [0.25, 0.3) is 23.6 Å². The van der Waals surface area contributed by atoms with Crippen molar-refractivity contribution in [3.63, 3.8) is 0 Å². The number of hydrogen-bond donors (Lipinski definition) is 4. The van der Waals surface area contributed by atoms with E-state index in [0.29, 0.717) is 56.8 Å². The van der Waals surface area contributed by atoms with E-state index in [0.717, 1.165) is 0 Å². The first-order chi connectivity index (χ1) is 30.4. The molecule has 64 heavy (non-hydrogen) atoms. The zero-order valence-corrected chi connectivity index (χ0v) is 38.7. The molecule has 2 atom stereocenters. The number of nitrogens with one attached hydrogen (secondary N) is 4. The molecule has 4 N–H and O–H groups in total. The van der Waals surface area contributed by atoms with Crippen LogP contribution in [0.4, 0.5) is 34.1 Å². The molecule has 0 saturated heterocycles. The molecule has 0 saturated carbocycles. The Labute approximate surface area is 397 Å². The molecule has 0 heterocycles. The standard InChI is InChI=1S/C44H36Cl6N8O6/c1-5-23-15-38(54-44(64)40(22(4)60)58-56-28-10-12-32(46)30(18-28)42(62)52-26-8-14-34(48)36(50)20-26)24(6-2)16-37(23)53-43(63)39(21(3)59)57-55-27-9-11-31(45)29(17-27)41(61)51-25-7-13-33(47)35(49)19-25/h7-20,39-40H,5-6H2,1-4H3,(H,51,61)(H,52,62)(H,53,63)(H,54,64). The monoisotopic (exact) mass is 982 g/mol. The van der Waals surface area contributed by atoms with Crippen LogP contribution in [0.3, 0.4) is 0 Å². The lowest BCUT2D eigenvalue weighted by Gasteiger charge is -2.18. The number of halogens is 6. The number of Topliss-reactive ketones (excluding diaryl/α,β-unsaturated/α-hetero) is 2. The van der Waals surface area contributed by atoms with E-state index >= 15 is 0 Å². The van der Waals surface area contributed by atoms with Crippen LogP contribution in [0.25, 0.3) is 0 Å². The van der Waals surface area contributed by atoms with Crippen LogP contribution >= 0.6 is 69.6 Å². The van der Waals surface area contributed by atoms with Crippen molar-refractivity contribution in [2.45, 2.75) is 52.6 Å². The van der Waals surface area contributed by atoms with E-state index in [1.807, 2.05) is 13.8 Å². The van der Waals surface area contributed by atoms with E-state index < -0.39 is 47.3 Å². The lowest BCUT2D eigenvalue weighted by Crippen LogP contribution is -2.33. The van der Waals surface area contributed by atoms with Crippen molar-refractivity contribution >= 4 is 139 Å². The molecule has 0 aliphatic carbocycles. The normalized spacial score (nSPS) is 12.2. The van der Waals surface area contributed by atoms with Gasteiger partial charge in [0, 0.05) is 22.7 Å². The second-order valence-corrected chi connectivity index (χ2v) is 16.2. The minimum absolute atomic E-state index is 0.0388. The first-order valence-corrected chi connectivity index (χ1v) is 21.4. The van der Waals surface area contributed by atoms with E-state index in [2.05, 4.69) is 41.7 Å². The number of amides is 4. The van der Waals surface area contributed by atoms with Gasteiger partial charge in [0.1, 0.15) is 0 Å². The summed E-state index contributed by atoms with van der Waals surface area (Å²) in [7, 11) is 0. The van der Waals surface area contributed by atoms with Crippen LogP contribution in [0.2, 0.25) is 30.1 Å². The maximum Gasteiger partial charge on any atom is 0.258 e. The molecule has 0 aliphatic rings. The highest BCUT2D eigenvalue weighted by molar-refractivity contribution is 6.43. The van der Waals surface area contributed by atoms with Gasteiger partial charge in [-0.25, -0.2) is 0 Å². The third-order valence-electron chi connectivity index (χ3n) is 9.19. The summed E-state index contributed by atoms with van der Waals surface area (Å²) in [5.41, 5.74) is 2.92. The summed E-state index contributed by atoms with van der Waals surface area (Å²) in [6.45, 7) is 6.00. The van der Waals surface area contributed by atoms with E-state index in [1.54, 1.807) is 24.3 Å². The van der Waals surface area contributed by atoms with Crippen molar-refractivity contribution in [3.05, 3.63) is 137 Å². The molecular formula is C44H36Cl6N8O6. The van der Waals surface area contributed by atoms with E-state index in [-0.39, 0.29) is 42.6 Å². The summed E-state index contributed by atoms with van der Waals surface area (Å²) in [5, 5.41) is 28.3. The summed E-state index contributed by atoms with van der Waals surface area (Å²) in [6.07, 6.45) is 0.750. The number of aryl methyl sites for hydroxylation is 2.